The zero-order valence-electron chi connectivity index (χ0n) is 10.1. The third kappa shape index (κ3) is 2.35. The summed E-state index contributed by atoms with van der Waals surface area (Å²) in [6.45, 7) is 4.32. The van der Waals surface area contributed by atoms with Crippen molar-refractivity contribution in [2.24, 2.45) is 5.92 Å². The van der Waals surface area contributed by atoms with Crippen molar-refractivity contribution in [3.63, 3.8) is 0 Å². The van der Waals surface area contributed by atoms with Crippen LogP contribution >= 0.6 is 0 Å². The van der Waals surface area contributed by atoms with E-state index in [2.05, 4.69) is 44.2 Å². The van der Waals surface area contributed by atoms with Gasteiger partial charge in [-0.05, 0) is 31.2 Å². The van der Waals surface area contributed by atoms with E-state index in [-0.39, 0.29) is 6.10 Å². The largest absolute Gasteiger partial charge is 0.393 e. The second-order valence-electron chi connectivity index (χ2n) is 4.91. The molecule has 1 aromatic rings. The lowest BCUT2D eigenvalue weighted by atomic mass is 9.84. The molecule has 3 atom stereocenters. The van der Waals surface area contributed by atoms with Crippen LogP contribution in [0.4, 0.5) is 0 Å². The van der Waals surface area contributed by atoms with Crippen LogP contribution in [0.1, 0.15) is 38.2 Å². The van der Waals surface area contributed by atoms with Gasteiger partial charge in [0.15, 0.2) is 0 Å². The number of aliphatic hydroxyl groups is 1. The summed E-state index contributed by atoms with van der Waals surface area (Å²) in [6.07, 6.45) is 4.07. The Morgan fingerprint density at radius 2 is 1.88 bits per heavy atom. The zero-order valence-corrected chi connectivity index (χ0v) is 10.1. The number of hydrogen-bond acceptors (Lipinski definition) is 1. The molecule has 0 bridgehead atoms. The molecule has 1 nitrogen and oxygen atoms in total. The Labute approximate surface area is 97.8 Å². The average molecular weight is 216 g/mol. The van der Waals surface area contributed by atoms with Crippen molar-refractivity contribution in [3.05, 3.63) is 47.5 Å². The molecule has 0 heterocycles. The molecule has 16 heavy (non-hydrogen) atoms. The van der Waals surface area contributed by atoms with Gasteiger partial charge in [-0.3, -0.25) is 0 Å². The predicted octanol–water partition coefficient (Wildman–Crippen LogP) is 3.51. The minimum absolute atomic E-state index is 0.182. The van der Waals surface area contributed by atoms with E-state index < -0.39 is 0 Å². The van der Waals surface area contributed by atoms with Crippen LogP contribution in [-0.2, 0) is 0 Å². The Kier molecular flexibility index (Phi) is 3.45. The molecule has 1 aliphatic carbocycles. The molecule has 1 N–H and O–H groups in total. The fourth-order valence-corrected chi connectivity index (χ4v) is 2.49. The third-order valence-corrected chi connectivity index (χ3v) is 3.66. The molecule has 86 valence electrons. The zero-order chi connectivity index (χ0) is 11.5. The highest BCUT2D eigenvalue weighted by atomic mass is 16.3. The smallest absolute Gasteiger partial charge is 0.0577 e. The van der Waals surface area contributed by atoms with Gasteiger partial charge in [0.2, 0.25) is 0 Å². The van der Waals surface area contributed by atoms with Crippen LogP contribution < -0.4 is 0 Å². The highest BCUT2D eigenvalue weighted by Crippen LogP contribution is 2.34. The van der Waals surface area contributed by atoms with Crippen LogP contribution in [0.5, 0.6) is 0 Å². The Morgan fingerprint density at radius 1 is 1.19 bits per heavy atom. The van der Waals surface area contributed by atoms with Gasteiger partial charge in [0.05, 0.1) is 6.10 Å². The fraction of sp³-hybridized carbons (Fsp3) is 0.467. The summed E-state index contributed by atoms with van der Waals surface area (Å²) in [5, 5.41) is 10.1. The minimum Gasteiger partial charge on any atom is -0.393 e. The Hall–Kier alpha value is -1.08. The molecule has 0 aromatic heterocycles. The molecule has 0 aliphatic heterocycles. The highest BCUT2D eigenvalue weighted by Gasteiger charge is 2.26. The number of hydrogen-bond donors (Lipinski definition) is 1. The first-order chi connectivity index (χ1) is 7.68. The molecule has 0 unspecified atom stereocenters. The first kappa shape index (κ1) is 11.4. The van der Waals surface area contributed by atoms with Crippen LogP contribution in [0.25, 0.3) is 0 Å². The summed E-state index contributed by atoms with van der Waals surface area (Å²) in [5.41, 5.74) is 2.72. The molecule has 0 amide bonds. The summed E-state index contributed by atoms with van der Waals surface area (Å²) in [6, 6.07) is 10.5. The van der Waals surface area contributed by atoms with Crippen molar-refractivity contribution in [2.75, 3.05) is 0 Å². The van der Waals surface area contributed by atoms with Crippen molar-refractivity contribution in [3.8, 4) is 0 Å². The summed E-state index contributed by atoms with van der Waals surface area (Å²) in [4.78, 5) is 0. The molecule has 0 saturated heterocycles. The molecule has 1 aliphatic rings. The second kappa shape index (κ2) is 4.84. The summed E-state index contributed by atoms with van der Waals surface area (Å²) in [5.74, 6) is 0.665. The third-order valence-electron chi connectivity index (χ3n) is 3.66. The number of benzene rings is 1. The lowest BCUT2D eigenvalue weighted by molar-refractivity contribution is 0.104. The standard InChI is InChI=1S/C15H20O/c1-11-8-9-15(16)12(2)14(10-11)13-6-4-3-5-7-13/h3-7,10,12,14-16H,8-9H2,1-2H3/t12-,14-,15-/m0/s1. The van der Waals surface area contributed by atoms with Gasteiger partial charge < -0.3 is 5.11 Å². The lowest BCUT2D eigenvalue weighted by Crippen LogP contribution is -2.21. The van der Waals surface area contributed by atoms with E-state index in [0.717, 1.165) is 12.8 Å². The van der Waals surface area contributed by atoms with Crippen LogP contribution in [0.15, 0.2) is 42.0 Å². The monoisotopic (exact) mass is 216 g/mol. The Morgan fingerprint density at radius 3 is 2.56 bits per heavy atom. The van der Waals surface area contributed by atoms with Crippen LogP contribution in [-0.4, -0.2) is 11.2 Å². The molecule has 0 fully saturated rings. The predicted molar refractivity (Wildman–Crippen MR) is 67.3 cm³/mol. The molecule has 0 radical (unpaired) electrons. The van der Waals surface area contributed by atoms with Gasteiger partial charge in [-0.15, -0.1) is 0 Å². The normalized spacial score (nSPS) is 30.7. The first-order valence-electron chi connectivity index (χ1n) is 6.09. The number of rotatable bonds is 1. The van der Waals surface area contributed by atoms with Crippen molar-refractivity contribution in [1.82, 2.24) is 0 Å². The van der Waals surface area contributed by atoms with Crippen LogP contribution in [0.2, 0.25) is 0 Å². The van der Waals surface area contributed by atoms with E-state index in [9.17, 15) is 5.11 Å². The first-order valence-corrected chi connectivity index (χ1v) is 6.09. The molecule has 0 spiro atoms. The molecule has 1 aromatic carbocycles. The summed E-state index contributed by atoms with van der Waals surface area (Å²) < 4.78 is 0. The Bertz CT molecular complexity index is 366. The van der Waals surface area contributed by atoms with Gasteiger partial charge in [-0.1, -0.05) is 48.9 Å². The number of allylic oxidation sites excluding steroid dienone is 2. The maximum absolute atomic E-state index is 10.1. The molecule has 0 saturated carbocycles. The van der Waals surface area contributed by atoms with Gasteiger partial charge >= 0.3 is 0 Å². The minimum atomic E-state index is -0.182. The highest BCUT2D eigenvalue weighted by molar-refractivity contribution is 5.27. The van der Waals surface area contributed by atoms with E-state index in [1.165, 1.54) is 11.1 Å². The molecular weight excluding hydrogens is 196 g/mol. The summed E-state index contributed by atoms with van der Waals surface area (Å²) >= 11 is 0. The van der Waals surface area contributed by atoms with E-state index in [1.54, 1.807) is 0 Å². The van der Waals surface area contributed by atoms with Gasteiger partial charge in [0, 0.05) is 5.92 Å². The summed E-state index contributed by atoms with van der Waals surface area (Å²) in [7, 11) is 0. The van der Waals surface area contributed by atoms with E-state index >= 15 is 0 Å². The second-order valence-corrected chi connectivity index (χ2v) is 4.91. The maximum atomic E-state index is 10.1. The van der Waals surface area contributed by atoms with Crippen molar-refractivity contribution in [2.45, 2.75) is 38.7 Å². The lowest BCUT2D eigenvalue weighted by Gasteiger charge is -2.24. The molecular formula is C15H20O. The van der Waals surface area contributed by atoms with Crippen LogP contribution in [0, 0.1) is 5.92 Å². The SMILES string of the molecule is CC1=C[C@H](c2ccccc2)[C@H](C)[C@@H](O)CC1. The maximum Gasteiger partial charge on any atom is 0.0577 e. The van der Waals surface area contributed by atoms with E-state index in [1.807, 2.05) is 6.07 Å². The van der Waals surface area contributed by atoms with Crippen molar-refractivity contribution >= 4 is 0 Å². The van der Waals surface area contributed by atoms with Crippen molar-refractivity contribution < 1.29 is 5.11 Å². The van der Waals surface area contributed by atoms with Gasteiger partial charge in [0.25, 0.3) is 0 Å². The van der Waals surface area contributed by atoms with Crippen LogP contribution in [0.3, 0.4) is 0 Å². The van der Waals surface area contributed by atoms with E-state index in [0.29, 0.717) is 11.8 Å². The Balaban J connectivity index is 2.32. The van der Waals surface area contributed by atoms with E-state index in [4.69, 9.17) is 0 Å². The quantitative estimate of drug-likeness (QED) is 0.712. The average Bonchev–Trinajstić information content (AvgIpc) is 2.44. The topological polar surface area (TPSA) is 20.2 Å². The van der Waals surface area contributed by atoms with Gasteiger partial charge in [-0.2, -0.15) is 0 Å². The fourth-order valence-electron chi connectivity index (χ4n) is 2.49. The van der Waals surface area contributed by atoms with Gasteiger partial charge in [0.1, 0.15) is 0 Å². The number of aliphatic hydroxyl groups excluding tert-OH is 1. The van der Waals surface area contributed by atoms with Crippen molar-refractivity contribution in [1.29, 1.82) is 0 Å². The van der Waals surface area contributed by atoms with Gasteiger partial charge in [-0.25, -0.2) is 0 Å². The molecule has 1 heteroatoms. The molecule has 2 rings (SSSR count).